The first-order valence-electron chi connectivity index (χ1n) is 8.32. The van der Waals surface area contributed by atoms with E-state index in [0.717, 1.165) is 5.56 Å². The number of carbonyl (C=O) groups is 1. The van der Waals surface area contributed by atoms with Gasteiger partial charge in [0.2, 0.25) is 10.0 Å². The van der Waals surface area contributed by atoms with Gasteiger partial charge < -0.3 is 9.64 Å². The van der Waals surface area contributed by atoms with Crippen molar-refractivity contribution in [1.29, 1.82) is 0 Å². The molecule has 2 heterocycles. The Morgan fingerprint density at radius 3 is 2.50 bits per heavy atom. The Labute approximate surface area is 153 Å². The molecule has 0 saturated carbocycles. The van der Waals surface area contributed by atoms with E-state index in [1.807, 2.05) is 12.1 Å². The van der Waals surface area contributed by atoms with Crippen LogP contribution in [0.4, 0.5) is 5.69 Å². The highest BCUT2D eigenvalue weighted by Gasteiger charge is 2.23. The van der Waals surface area contributed by atoms with Crippen molar-refractivity contribution in [2.45, 2.75) is 11.3 Å². The third-order valence-corrected chi connectivity index (χ3v) is 6.18. The Morgan fingerprint density at radius 2 is 1.85 bits per heavy atom. The van der Waals surface area contributed by atoms with Gasteiger partial charge in [0.1, 0.15) is 6.61 Å². The summed E-state index contributed by atoms with van der Waals surface area (Å²) >= 11 is 0. The van der Waals surface area contributed by atoms with Crippen LogP contribution in [-0.4, -0.2) is 57.0 Å². The predicted molar refractivity (Wildman–Crippen MR) is 97.4 cm³/mol. The van der Waals surface area contributed by atoms with Crippen LogP contribution in [0.1, 0.15) is 5.56 Å². The van der Waals surface area contributed by atoms with Crippen LogP contribution in [0.5, 0.6) is 0 Å². The Kier molecular flexibility index (Phi) is 5.65. The number of rotatable bonds is 6. The average Bonchev–Trinajstić information content (AvgIpc) is 2.67. The number of aromatic nitrogens is 1. The molecular formula is C18H21N3O4S. The van der Waals surface area contributed by atoms with Crippen molar-refractivity contribution in [2.75, 3.05) is 38.3 Å². The molecule has 1 fully saturated rings. The lowest BCUT2D eigenvalue weighted by molar-refractivity contribution is -0.125. The maximum absolute atomic E-state index is 12.7. The Bertz CT molecular complexity index is 854. The van der Waals surface area contributed by atoms with Gasteiger partial charge in [0, 0.05) is 38.2 Å². The number of benzene rings is 1. The topological polar surface area (TPSA) is 79.8 Å². The minimum absolute atomic E-state index is 0.0534. The molecule has 8 heteroatoms. The van der Waals surface area contributed by atoms with Crippen molar-refractivity contribution < 1.29 is 17.9 Å². The number of hydrogen-bond acceptors (Lipinski definition) is 5. The van der Waals surface area contributed by atoms with Gasteiger partial charge in [0.15, 0.2) is 0 Å². The number of ether oxygens (including phenoxy) is 1. The van der Waals surface area contributed by atoms with Gasteiger partial charge in [-0.05, 0) is 48.4 Å². The van der Waals surface area contributed by atoms with Crippen molar-refractivity contribution >= 4 is 21.6 Å². The lowest BCUT2D eigenvalue weighted by atomic mass is 10.2. The standard InChI is InChI=1S/C18H21N3O4S/c1-20(11-8-15-6-9-19-10-7-15)26(23,24)17-4-2-16(3-5-17)21-12-13-25-14-18(21)22/h2-7,9-10H,8,11-14H2,1H3. The van der Waals surface area contributed by atoms with Crippen molar-refractivity contribution in [2.24, 2.45) is 0 Å². The van der Waals surface area contributed by atoms with Crippen LogP contribution in [0, 0.1) is 0 Å². The zero-order valence-corrected chi connectivity index (χ0v) is 15.4. The Hall–Kier alpha value is -2.29. The maximum atomic E-state index is 12.7. The molecule has 3 rings (SSSR count). The molecule has 1 aromatic heterocycles. The number of amides is 1. The highest BCUT2D eigenvalue weighted by molar-refractivity contribution is 7.89. The summed E-state index contributed by atoms with van der Waals surface area (Å²) in [5.74, 6) is -0.124. The first-order valence-corrected chi connectivity index (χ1v) is 9.76. The third-order valence-electron chi connectivity index (χ3n) is 4.31. The fraction of sp³-hybridized carbons (Fsp3) is 0.333. The van der Waals surface area contributed by atoms with E-state index in [0.29, 0.717) is 31.8 Å². The van der Waals surface area contributed by atoms with Crippen LogP contribution in [0.2, 0.25) is 0 Å². The van der Waals surface area contributed by atoms with E-state index in [2.05, 4.69) is 4.98 Å². The fourth-order valence-corrected chi connectivity index (χ4v) is 3.90. The van der Waals surface area contributed by atoms with Gasteiger partial charge in [0.05, 0.1) is 11.5 Å². The summed E-state index contributed by atoms with van der Waals surface area (Å²) in [6, 6.07) is 10.1. The zero-order chi connectivity index (χ0) is 18.6. The van der Waals surface area contributed by atoms with E-state index in [9.17, 15) is 13.2 Å². The van der Waals surface area contributed by atoms with Gasteiger partial charge in [-0.2, -0.15) is 0 Å². The highest BCUT2D eigenvalue weighted by Crippen LogP contribution is 2.21. The number of morpholine rings is 1. The molecule has 7 nitrogen and oxygen atoms in total. The third kappa shape index (κ3) is 4.09. The normalized spacial score (nSPS) is 15.5. The van der Waals surface area contributed by atoms with Crippen LogP contribution < -0.4 is 4.90 Å². The van der Waals surface area contributed by atoms with Crippen LogP contribution >= 0.6 is 0 Å². The average molecular weight is 375 g/mol. The molecule has 0 N–H and O–H groups in total. The van der Waals surface area contributed by atoms with Gasteiger partial charge in [-0.25, -0.2) is 12.7 Å². The minimum atomic E-state index is -3.58. The monoisotopic (exact) mass is 375 g/mol. The van der Waals surface area contributed by atoms with Crippen molar-refractivity contribution in [3.63, 3.8) is 0 Å². The van der Waals surface area contributed by atoms with Crippen LogP contribution in [0.15, 0.2) is 53.7 Å². The molecule has 138 valence electrons. The predicted octanol–water partition coefficient (Wildman–Crippen LogP) is 1.31. The Balaban J connectivity index is 1.69. The Morgan fingerprint density at radius 1 is 1.15 bits per heavy atom. The second-order valence-electron chi connectivity index (χ2n) is 6.02. The second kappa shape index (κ2) is 7.94. The first-order chi connectivity index (χ1) is 12.5. The van der Waals surface area contributed by atoms with Gasteiger partial charge in [-0.1, -0.05) is 0 Å². The summed E-state index contributed by atoms with van der Waals surface area (Å²) in [7, 11) is -2.02. The van der Waals surface area contributed by atoms with Gasteiger partial charge in [-0.15, -0.1) is 0 Å². The molecule has 26 heavy (non-hydrogen) atoms. The molecule has 0 atom stereocenters. The summed E-state index contributed by atoms with van der Waals surface area (Å²) in [6.07, 6.45) is 3.99. The van der Waals surface area contributed by atoms with Crippen LogP contribution in [-0.2, 0) is 26.0 Å². The summed E-state index contributed by atoms with van der Waals surface area (Å²) in [5, 5.41) is 0. The lowest BCUT2D eigenvalue weighted by Crippen LogP contribution is -2.41. The number of sulfonamides is 1. The molecule has 1 aliphatic rings. The molecule has 1 aliphatic heterocycles. The zero-order valence-electron chi connectivity index (χ0n) is 14.5. The molecule has 0 aliphatic carbocycles. The number of carbonyl (C=O) groups excluding carboxylic acids is 1. The maximum Gasteiger partial charge on any atom is 0.253 e. The van der Waals surface area contributed by atoms with Gasteiger partial charge in [0.25, 0.3) is 5.91 Å². The summed E-state index contributed by atoms with van der Waals surface area (Å²) < 4.78 is 31.9. The molecule has 0 bridgehead atoms. The first kappa shape index (κ1) is 18.5. The summed E-state index contributed by atoms with van der Waals surface area (Å²) in [4.78, 5) is 17.6. The summed E-state index contributed by atoms with van der Waals surface area (Å²) in [5.41, 5.74) is 1.71. The number of likely N-dealkylation sites (N-methyl/N-ethyl adjacent to an activating group) is 1. The van der Waals surface area contributed by atoms with Crippen molar-refractivity contribution in [1.82, 2.24) is 9.29 Å². The molecule has 1 saturated heterocycles. The highest BCUT2D eigenvalue weighted by atomic mass is 32.2. The molecule has 1 amide bonds. The molecule has 2 aromatic rings. The quantitative estimate of drug-likeness (QED) is 0.761. The minimum Gasteiger partial charge on any atom is -0.370 e. The number of hydrogen-bond donors (Lipinski definition) is 0. The van der Waals surface area contributed by atoms with Gasteiger partial charge >= 0.3 is 0 Å². The van der Waals surface area contributed by atoms with E-state index >= 15 is 0 Å². The number of pyridine rings is 1. The van der Waals surface area contributed by atoms with E-state index in [1.54, 1.807) is 36.5 Å². The van der Waals surface area contributed by atoms with Crippen LogP contribution in [0.3, 0.4) is 0 Å². The van der Waals surface area contributed by atoms with Crippen LogP contribution in [0.25, 0.3) is 0 Å². The largest absolute Gasteiger partial charge is 0.370 e. The van der Waals surface area contributed by atoms with E-state index in [-0.39, 0.29) is 17.4 Å². The summed E-state index contributed by atoms with van der Waals surface area (Å²) in [6.45, 7) is 1.37. The van der Waals surface area contributed by atoms with Crippen molar-refractivity contribution in [3.8, 4) is 0 Å². The number of anilines is 1. The molecule has 0 spiro atoms. The molecule has 1 aromatic carbocycles. The smallest absolute Gasteiger partial charge is 0.253 e. The number of nitrogens with zero attached hydrogens (tertiary/aromatic N) is 3. The SMILES string of the molecule is CN(CCc1ccncc1)S(=O)(=O)c1ccc(N2CCOCC2=O)cc1. The molecular weight excluding hydrogens is 354 g/mol. The molecule has 0 radical (unpaired) electrons. The van der Waals surface area contributed by atoms with Crippen molar-refractivity contribution in [3.05, 3.63) is 54.4 Å². The molecule has 0 unspecified atom stereocenters. The second-order valence-corrected chi connectivity index (χ2v) is 8.07. The lowest BCUT2D eigenvalue weighted by Gasteiger charge is -2.27. The van der Waals surface area contributed by atoms with E-state index in [1.165, 1.54) is 16.4 Å². The van der Waals surface area contributed by atoms with E-state index in [4.69, 9.17) is 4.74 Å². The fourth-order valence-electron chi connectivity index (χ4n) is 2.73. The van der Waals surface area contributed by atoms with E-state index < -0.39 is 10.0 Å². The van der Waals surface area contributed by atoms with Gasteiger partial charge in [-0.3, -0.25) is 9.78 Å².